The van der Waals surface area contributed by atoms with Gasteiger partial charge in [-0.3, -0.25) is 4.79 Å². The molecule has 19 heavy (non-hydrogen) atoms. The van der Waals surface area contributed by atoms with E-state index in [1.54, 1.807) is 0 Å². The van der Waals surface area contributed by atoms with Gasteiger partial charge in [0, 0.05) is 12.5 Å². The van der Waals surface area contributed by atoms with Gasteiger partial charge in [0.1, 0.15) is 5.82 Å². The van der Waals surface area contributed by atoms with E-state index < -0.39 is 5.97 Å². The highest BCUT2D eigenvalue weighted by molar-refractivity contribution is 7.99. The number of rotatable bonds is 7. The van der Waals surface area contributed by atoms with Gasteiger partial charge in [-0.15, -0.1) is 10.2 Å². The third-order valence-electron chi connectivity index (χ3n) is 3.13. The Morgan fingerprint density at radius 3 is 2.53 bits per heavy atom. The van der Waals surface area contributed by atoms with Gasteiger partial charge in [-0.25, -0.2) is 0 Å². The number of carboxylic acids is 1. The average Bonchev–Trinajstić information content (AvgIpc) is 2.69. The number of carboxylic acid groups (broad SMARTS) is 1. The molecule has 1 rings (SSSR count). The van der Waals surface area contributed by atoms with Crippen molar-refractivity contribution in [3.63, 3.8) is 0 Å². The summed E-state index contributed by atoms with van der Waals surface area (Å²) in [4.78, 5) is 10.7. The zero-order valence-electron chi connectivity index (χ0n) is 12.3. The summed E-state index contributed by atoms with van der Waals surface area (Å²) in [5.41, 5.74) is 0.143. The monoisotopic (exact) mass is 285 g/mol. The third-order valence-corrected chi connectivity index (χ3v) is 4.08. The number of hydrogen-bond donors (Lipinski definition) is 1. The number of aromatic nitrogens is 3. The van der Waals surface area contributed by atoms with E-state index in [0.29, 0.717) is 5.16 Å². The van der Waals surface area contributed by atoms with Gasteiger partial charge in [0.05, 0.1) is 5.75 Å². The molecule has 1 heterocycles. The van der Waals surface area contributed by atoms with Gasteiger partial charge in [0.25, 0.3) is 0 Å². The summed E-state index contributed by atoms with van der Waals surface area (Å²) in [5.74, 6) is 0.386. The third kappa shape index (κ3) is 4.53. The van der Waals surface area contributed by atoms with E-state index in [-0.39, 0.29) is 17.1 Å². The summed E-state index contributed by atoms with van der Waals surface area (Å²) >= 11 is 1.23. The maximum atomic E-state index is 10.7. The minimum Gasteiger partial charge on any atom is -0.481 e. The van der Waals surface area contributed by atoms with Crippen molar-refractivity contribution >= 4 is 17.7 Å². The van der Waals surface area contributed by atoms with Crippen molar-refractivity contribution in [2.45, 2.75) is 58.7 Å². The zero-order chi connectivity index (χ0) is 14.6. The first-order valence-corrected chi connectivity index (χ1v) is 7.53. The van der Waals surface area contributed by atoms with Gasteiger partial charge in [0.15, 0.2) is 5.16 Å². The van der Waals surface area contributed by atoms with Gasteiger partial charge in [-0.05, 0) is 11.8 Å². The summed E-state index contributed by atoms with van der Waals surface area (Å²) in [5, 5.41) is 17.8. The van der Waals surface area contributed by atoms with Gasteiger partial charge >= 0.3 is 5.97 Å². The molecular weight excluding hydrogens is 262 g/mol. The summed E-state index contributed by atoms with van der Waals surface area (Å²) in [7, 11) is 0. The molecule has 0 fully saturated rings. The van der Waals surface area contributed by atoms with Crippen molar-refractivity contribution in [3.05, 3.63) is 5.82 Å². The van der Waals surface area contributed by atoms with E-state index in [4.69, 9.17) is 5.11 Å². The molecule has 5 nitrogen and oxygen atoms in total. The van der Waals surface area contributed by atoms with Gasteiger partial charge in [-0.1, -0.05) is 46.4 Å². The fourth-order valence-electron chi connectivity index (χ4n) is 1.65. The number of thioether (sulfide) groups is 1. The van der Waals surface area contributed by atoms with Crippen LogP contribution < -0.4 is 0 Å². The molecule has 0 radical (unpaired) electrons. The number of carbonyl (C=O) groups is 1. The van der Waals surface area contributed by atoms with Crippen LogP contribution in [0.25, 0.3) is 0 Å². The van der Waals surface area contributed by atoms with E-state index in [9.17, 15) is 4.79 Å². The molecule has 1 aromatic rings. The highest BCUT2D eigenvalue weighted by atomic mass is 32.2. The van der Waals surface area contributed by atoms with E-state index in [1.807, 2.05) is 0 Å². The highest BCUT2D eigenvalue weighted by Crippen LogP contribution is 2.28. The minimum atomic E-state index is -0.833. The van der Waals surface area contributed by atoms with Crippen LogP contribution in [-0.4, -0.2) is 31.6 Å². The van der Waals surface area contributed by atoms with Crippen LogP contribution in [0.4, 0.5) is 0 Å². The Balaban J connectivity index is 3.01. The maximum absolute atomic E-state index is 10.7. The largest absolute Gasteiger partial charge is 0.481 e. The first-order valence-electron chi connectivity index (χ1n) is 6.54. The second kappa shape index (κ2) is 6.41. The topological polar surface area (TPSA) is 68.0 Å². The van der Waals surface area contributed by atoms with E-state index in [1.165, 1.54) is 11.8 Å². The van der Waals surface area contributed by atoms with Crippen molar-refractivity contribution in [1.82, 2.24) is 14.8 Å². The number of hydrogen-bond acceptors (Lipinski definition) is 4. The molecule has 0 unspecified atom stereocenters. The molecule has 0 atom stereocenters. The smallest absolute Gasteiger partial charge is 0.313 e. The zero-order valence-corrected chi connectivity index (χ0v) is 13.1. The quantitative estimate of drug-likeness (QED) is 0.780. The second-order valence-electron chi connectivity index (χ2n) is 5.78. The molecule has 0 spiro atoms. The molecule has 0 aliphatic rings. The fourth-order valence-corrected chi connectivity index (χ4v) is 2.31. The normalized spacial score (nSPS) is 12.1. The van der Waals surface area contributed by atoms with Crippen LogP contribution in [0.3, 0.4) is 0 Å². The van der Waals surface area contributed by atoms with E-state index >= 15 is 0 Å². The lowest BCUT2D eigenvalue weighted by Crippen LogP contribution is -2.21. The molecule has 6 heteroatoms. The predicted octanol–water partition coefficient (Wildman–Crippen LogP) is 3.01. The maximum Gasteiger partial charge on any atom is 0.313 e. The van der Waals surface area contributed by atoms with Gasteiger partial charge in [0.2, 0.25) is 0 Å². The molecule has 1 aromatic heterocycles. The van der Waals surface area contributed by atoms with Crippen molar-refractivity contribution in [2.24, 2.45) is 5.41 Å². The first kappa shape index (κ1) is 16.0. The predicted molar refractivity (Wildman–Crippen MR) is 76.5 cm³/mol. The van der Waals surface area contributed by atoms with Crippen molar-refractivity contribution in [2.75, 3.05) is 5.75 Å². The van der Waals surface area contributed by atoms with Gasteiger partial charge in [-0.2, -0.15) is 0 Å². The Morgan fingerprint density at radius 1 is 1.42 bits per heavy atom. The lowest BCUT2D eigenvalue weighted by atomic mass is 9.90. The van der Waals surface area contributed by atoms with Crippen LogP contribution in [0.2, 0.25) is 0 Å². The van der Waals surface area contributed by atoms with Crippen molar-refractivity contribution in [1.29, 1.82) is 0 Å². The molecule has 0 saturated carbocycles. The van der Waals surface area contributed by atoms with Crippen molar-refractivity contribution in [3.8, 4) is 0 Å². The van der Waals surface area contributed by atoms with Crippen LogP contribution in [-0.2, 0) is 11.3 Å². The molecule has 0 saturated heterocycles. The molecule has 1 N–H and O–H groups in total. The summed E-state index contributed by atoms with van der Waals surface area (Å²) in [6.07, 6.45) is 1.05. The molecular formula is C13H23N3O2S. The minimum absolute atomic E-state index is 0.0166. The van der Waals surface area contributed by atoms with Crippen LogP contribution in [0.15, 0.2) is 5.16 Å². The van der Waals surface area contributed by atoms with Crippen LogP contribution in [0.1, 0.15) is 52.8 Å². The lowest BCUT2D eigenvalue weighted by molar-refractivity contribution is -0.133. The molecule has 108 valence electrons. The fraction of sp³-hybridized carbons (Fsp3) is 0.769. The molecule has 0 aliphatic carbocycles. The Hall–Kier alpha value is -1.04. The standard InChI is InChI=1S/C13H23N3O2S/c1-6-13(4,5)8-16-11(9(2)3)14-15-12(16)19-7-10(17)18/h9H,6-8H2,1-5H3,(H,17,18). The summed E-state index contributed by atoms with van der Waals surface area (Å²) < 4.78 is 2.07. The molecule has 0 amide bonds. The van der Waals surface area contributed by atoms with E-state index in [0.717, 1.165) is 18.8 Å². The SMILES string of the molecule is CCC(C)(C)Cn1c(SCC(=O)O)nnc1C(C)C. The number of nitrogens with zero attached hydrogens (tertiary/aromatic N) is 3. The first-order chi connectivity index (χ1) is 8.76. The highest BCUT2D eigenvalue weighted by Gasteiger charge is 2.23. The van der Waals surface area contributed by atoms with Crippen LogP contribution in [0, 0.1) is 5.41 Å². The Kier molecular flexibility index (Phi) is 5.40. The Labute approximate surface area is 118 Å². The summed E-state index contributed by atoms with van der Waals surface area (Å²) in [6, 6.07) is 0. The van der Waals surface area contributed by atoms with E-state index in [2.05, 4.69) is 49.4 Å². The number of aliphatic carboxylic acids is 1. The summed E-state index contributed by atoms with van der Waals surface area (Å²) in [6.45, 7) is 11.5. The Bertz CT molecular complexity index is 441. The van der Waals surface area contributed by atoms with Crippen LogP contribution in [0.5, 0.6) is 0 Å². The second-order valence-corrected chi connectivity index (χ2v) is 6.72. The Morgan fingerprint density at radius 2 is 2.05 bits per heavy atom. The van der Waals surface area contributed by atoms with Gasteiger partial charge < -0.3 is 9.67 Å². The van der Waals surface area contributed by atoms with Crippen molar-refractivity contribution < 1.29 is 9.90 Å². The molecule has 0 aliphatic heterocycles. The molecule has 0 bridgehead atoms. The molecule has 0 aromatic carbocycles. The average molecular weight is 285 g/mol. The van der Waals surface area contributed by atoms with Crippen LogP contribution >= 0.6 is 11.8 Å². The lowest BCUT2D eigenvalue weighted by Gasteiger charge is -2.25.